The van der Waals surface area contributed by atoms with Gasteiger partial charge in [0.2, 0.25) is 0 Å². The highest BCUT2D eigenvalue weighted by Crippen LogP contribution is 2.72. The van der Waals surface area contributed by atoms with E-state index in [9.17, 15) is 9.36 Å². The van der Waals surface area contributed by atoms with Crippen LogP contribution >= 0.6 is 7.60 Å². The second-order valence-corrected chi connectivity index (χ2v) is 9.04. The van der Waals surface area contributed by atoms with Crippen molar-refractivity contribution in [2.45, 2.75) is 43.8 Å². The van der Waals surface area contributed by atoms with E-state index in [-0.39, 0.29) is 25.2 Å². The van der Waals surface area contributed by atoms with Crippen LogP contribution in [0.4, 0.5) is 0 Å². The molecule has 2 fully saturated rings. The zero-order valence-electron chi connectivity index (χ0n) is 14.6. The first-order valence-electron chi connectivity index (χ1n) is 9.03. The lowest BCUT2D eigenvalue weighted by molar-refractivity contribution is -0.140. The molecule has 4 rings (SSSR count). The van der Waals surface area contributed by atoms with Gasteiger partial charge in [-0.05, 0) is 39.3 Å². The standard InChI is InChI=1S/C18H24NO5P/c1-3-22-25(21,23-4-2)18-14(12-19-11-7-10-16(18)19)13-8-5-6-9-15(13)24-17(18)20/h5-6,8-9,14,16H,3-4,7,10-12H2,1-2H3/t14-,16-,18-/m1/s1. The topological polar surface area (TPSA) is 65.1 Å². The third-order valence-electron chi connectivity index (χ3n) is 5.70. The minimum absolute atomic E-state index is 0.165. The van der Waals surface area contributed by atoms with Crippen LogP contribution < -0.4 is 4.74 Å². The molecule has 1 aromatic carbocycles. The van der Waals surface area contributed by atoms with Crippen molar-refractivity contribution in [3.8, 4) is 5.75 Å². The van der Waals surface area contributed by atoms with E-state index in [1.165, 1.54) is 0 Å². The molecule has 0 amide bonds. The van der Waals surface area contributed by atoms with Crippen molar-refractivity contribution >= 4 is 13.6 Å². The maximum Gasteiger partial charge on any atom is 0.350 e. The Morgan fingerprint density at radius 1 is 1.28 bits per heavy atom. The highest BCUT2D eigenvalue weighted by atomic mass is 31.2. The first-order valence-corrected chi connectivity index (χ1v) is 10.6. The van der Waals surface area contributed by atoms with E-state index < -0.39 is 18.7 Å². The van der Waals surface area contributed by atoms with Crippen molar-refractivity contribution in [2.75, 3.05) is 26.3 Å². The lowest BCUT2D eigenvalue weighted by atomic mass is 9.81. The van der Waals surface area contributed by atoms with Crippen LogP contribution in [0.25, 0.3) is 0 Å². The summed E-state index contributed by atoms with van der Waals surface area (Å²) in [4.78, 5) is 15.6. The molecule has 3 aliphatic rings. The zero-order valence-corrected chi connectivity index (χ0v) is 15.5. The Morgan fingerprint density at radius 2 is 2.00 bits per heavy atom. The number of rotatable bonds is 5. The van der Waals surface area contributed by atoms with Gasteiger partial charge in [-0.25, -0.2) is 0 Å². The zero-order chi connectivity index (χ0) is 17.7. The fourth-order valence-corrected chi connectivity index (χ4v) is 7.59. The SMILES string of the molecule is CCOP(=O)(OCC)[C@]12C(=O)Oc3ccccc3[C@H]1CN1CCC[C@@H]12. The van der Waals surface area contributed by atoms with Gasteiger partial charge in [-0.2, -0.15) is 0 Å². The molecule has 0 radical (unpaired) electrons. The van der Waals surface area contributed by atoms with Gasteiger partial charge < -0.3 is 13.8 Å². The van der Waals surface area contributed by atoms with Gasteiger partial charge in [-0.15, -0.1) is 0 Å². The Balaban J connectivity index is 1.94. The van der Waals surface area contributed by atoms with Crippen LogP contribution in [0.15, 0.2) is 24.3 Å². The summed E-state index contributed by atoms with van der Waals surface area (Å²) in [7, 11) is -3.72. The average molecular weight is 365 g/mol. The predicted molar refractivity (Wildman–Crippen MR) is 93.0 cm³/mol. The first kappa shape index (κ1) is 17.2. The number of carbonyl (C=O) groups excluding carboxylic acids is 1. The molecule has 3 aliphatic heterocycles. The molecular weight excluding hydrogens is 341 g/mol. The summed E-state index contributed by atoms with van der Waals surface area (Å²) in [5, 5.41) is -1.27. The van der Waals surface area contributed by atoms with Crippen LogP contribution in [0, 0.1) is 0 Å². The number of hydrogen-bond donors (Lipinski definition) is 0. The van der Waals surface area contributed by atoms with Crippen molar-refractivity contribution in [1.82, 2.24) is 4.90 Å². The number of benzene rings is 1. The van der Waals surface area contributed by atoms with Gasteiger partial charge in [0.05, 0.1) is 13.2 Å². The van der Waals surface area contributed by atoms with Crippen LogP contribution in [0.5, 0.6) is 5.75 Å². The number of carbonyl (C=O) groups is 1. The molecule has 0 saturated carbocycles. The van der Waals surface area contributed by atoms with E-state index >= 15 is 0 Å². The van der Waals surface area contributed by atoms with Crippen molar-refractivity contribution in [3.63, 3.8) is 0 Å². The molecule has 136 valence electrons. The molecule has 6 nitrogen and oxygen atoms in total. The predicted octanol–water partition coefficient (Wildman–Crippen LogP) is 3.17. The Hall–Kier alpha value is -1.20. The summed E-state index contributed by atoms with van der Waals surface area (Å²) in [6, 6.07) is 7.37. The van der Waals surface area contributed by atoms with E-state index in [1.807, 2.05) is 18.2 Å². The number of esters is 1. The van der Waals surface area contributed by atoms with Crippen molar-refractivity contribution in [3.05, 3.63) is 29.8 Å². The van der Waals surface area contributed by atoms with Crippen molar-refractivity contribution in [1.29, 1.82) is 0 Å². The van der Waals surface area contributed by atoms with Gasteiger partial charge >= 0.3 is 13.6 Å². The van der Waals surface area contributed by atoms with E-state index in [2.05, 4.69) is 4.90 Å². The molecule has 7 heteroatoms. The molecule has 0 N–H and O–H groups in total. The molecule has 3 atom stereocenters. The maximum absolute atomic E-state index is 14.0. The van der Waals surface area contributed by atoms with Crippen molar-refractivity contribution in [2.24, 2.45) is 0 Å². The number of nitrogens with zero attached hydrogens (tertiary/aromatic N) is 1. The van der Waals surface area contributed by atoms with Crippen molar-refractivity contribution < 1.29 is 23.1 Å². The number of ether oxygens (including phenoxy) is 1. The van der Waals surface area contributed by atoms with Crippen LogP contribution in [0.3, 0.4) is 0 Å². The summed E-state index contributed by atoms with van der Waals surface area (Å²) in [6.07, 6.45) is 1.78. The third-order valence-corrected chi connectivity index (χ3v) is 8.59. The first-order chi connectivity index (χ1) is 12.1. The average Bonchev–Trinajstić information content (AvgIpc) is 3.15. The van der Waals surface area contributed by atoms with Gasteiger partial charge in [-0.1, -0.05) is 18.2 Å². The quantitative estimate of drug-likeness (QED) is 0.454. The minimum atomic E-state index is -3.72. The molecule has 3 heterocycles. The lowest BCUT2D eigenvalue weighted by Crippen LogP contribution is -2.55. The summed E-state index contributed by atoms with van der Waals surface area (Å²) in [6.45, 7) is 5.60. The van der Waals surface area contributed by atoms with Gasteiger partial charge in [-0.3, -0.25) is 14.3 Å². The highest BCUT2D eigenvalue weighted by Gasteiger charge is 2.74. The minimum Gasteiger partial charge on any atom is -0.425 e. The fourth-order valence-electron chi connectivity index (χ4n) is 4.88. The maximum atomic E-state index is 14.0. The summed E-state index contributed by atoms with van der Waals surface area (Å²) in [5.74, 6) is -0.135. The third kappa shape index (κ3) is 2.21. The molecule has 0 bridgehead atoms. The lowest BCUT2D eigenvalue weighted by Gasteiger charge is -2.43. The molecule has 0 unspecified atom stereocenters. The van der Waals surface area contributed by atoms with E-state index in [4.69, 9.17) is 13.8 Å². The molecule has 0 spiro atoms. The second kappa shape index (κ2) is 6.20. The smallest absolute Gasteiger partial charge is 0.350 e. The fraction of sp³-hybridized carbons (Fsp3) is 0.611. The number of para-hydroxylation sites is 1. The van der Waals surface area contributed by atoms with Gasteiger partial charge in [0.25, 0.3) is 0 Å². The summed E-state index contributed by atoms with van der Waals surface area (Å²) in [5.41, 5.74) is 0.927. The number of fused-ring (bicyclic) bond motifs is 5. The van der Waals surface area contributed by atoms with E-state index in [1.54, 1.807) is 19.9 Å². The Bertz CT molecular complexity index is 728. The summed E-state index contributed by atoms with van der Waals surface area (Å²) >= 11 is 0. The molecule has 2 saturated heterocycles. The van der Waals surface area contributed by atoms with E-state index in [0.29, 0.717) is 12.3 Å². The Kier molecular flexibility index (Phi) is 4.27. The van der Waals surface area contributed by atoms with Gasteiger partial charge in [0.15, 0.2) is 5.16 Å². The Labute approximate surface area is 148 Å². The van der Waals surface area contributed by atoms with E-state index in [0.717, 1.165) is 24.9 Å². The van der Waals surface area contributed by atoms with Crippen LogP contribution in [-0.2, 0) is 18.4 Å². The molecule has 25 heavy (non-hydrogen) atoms. The van der Waals surface area contributed by atoms with Crippen LogP contribution in [0.1, 0.15) is 38.2 Å². The second-order valence-electron chi connectivity index (χ2n) is 6.79. The Morgan fingerprint density at radius 3 is 2.72 bits per heavy atom. The van der Waals surface area contributed by atoms with Crippen LogP contribution in [0.2, 0.25) is 0 Å². The largest absolute Gasteiger partial charge is 0.425 e. The molecule has 1 aromatic rings. The normalized spacial score (nSPS) is 31.4. The highest BCUT2D eigenvalue weighted by molar-refractivity contribution is 7.57. The summed E-state index contributed by atoms with van der Waals surface area (Å²) < 4.78 is 31.1. The monoisotopic (exact) mass is 365 g/mol. The molecule has 0 aliphatic carbocycles. The van der Waals surface area contributed by atoms with Gasteiger partial charge in [0.1, 0.15) is 5.75 Å². The number of hydrogen-bond acceptors (Lipinski definition) is 6. The van der Waals surface area contributed by atoms with Crippen LogP contribution in [-0.4, -0.2) is 48.4 Å². The van der Waals surface area contributed by atoms with Gasteiger partial charge in [0, 0.05) is 24.1 Å². The molecular formula is C18H24NO5P. The molecule has 0 aromatic heterocycles.